The van der Waals surface area contributed by atoms with Crippen LogP contribution in [0, 0.1) is 0 Å². The number of unbranched alkanes of at least 4 members (excludes halogenated alkanes) is 20. The molecule has 0 aromatic rings. The maximum absolute atomic E-state index is 10.4. The van der Waals surface area contributed by atoms with E-state index in [2.05, 4.69) is 13.8 Å². The van der Waals surface area contributed by atoms with E-state index >= 15 is 0 Å². The molecule has 0 amide bonds. The zero-order valence-corrected chi connectivity index (χ0v) is 26.5. The lowest BCUT2D eigenvalue weighted by atomic mass is 9.95. The molecule has 240 valence electrons. The summed E-state index contributed by atoms with van der Waals surface area (Å²) in [6, 6.07) is 0. The highest BCUT2D eigenvalue weighted by Gasteiger charge is 2.43. The van der Waals surface area contributed by atoms with E-state index in [1.165, 1.54) is 128 Å². The van der Waals surface area contributed by atoms with Crippen molar-refractivity contribution in [3.8, 4) is 0 Å². The Kier molecular flexibility index (Phi) is 24.9. The molecule has 1 rings (SSSR count). The fraction of sp³-hybridized carbons (Fsp3) is 1.00. The first-order valence-corrected chi connectivity index (χ1v) is 17.5. The van der Waals surface area contributed by atoms with Crippen LogP contribution in [0.4, 0.5) is 0 Å². The molecule has 1 heterocycles. The van der Waals surface area contributed by atoms with Crippen molar-refractivity contribution in [1.29, 1.82) is 0 Å². The summed E-state index contributed by atoms with van der Waals surface area (Å²) in [6.45, 7) is 4.30. The molecule has 1 aliphatic rings. The smallest absolute Gasteiger partial charge is 0.111 e. The minimum absolute atomic E-state index is 0.115. The van der Waals surface area contributed by atoms with Gasteiger partial charge < -0.3 is 29.9 Å². The average molecular weight is 573 g/mol. The largest absolute Gasteiger partial charge is 0.394 e. The highest BCUT2D eigenvalue weighted by Crippen LogP contribution is 2.24. The van der Waals surface area contributed by atoms with Crippen LogP contribution in [0.1, 0.15) is 168 Å². The van der Waals surface area contributed by atoms with Gasteiger partial charge in [0.1, 0.15) is 30.5 Å². The molecule has 6 heteroatoms. The van der Waals surface area contributed by atoms with E-state index in [1.807, 2.05) is 0 Å². The van der Waals surface area contributed by atoms with Crippen molar-refractivity contribution >= 4 is 0 Å². The lowest BCUT2D eigenvalue weighted by Crippen LogP contribution is -2.59. The molecule has 6 nitrogen and oxygen atoms in total. The monoisotopic (exact) mass is 573 g/mol. The van der Waals surface area contributed by atoms with E-state index in [-0.39, 0.29) is 12.7 Å². The predicted molar refractivity (Wildman–Crippen MR) is 166 cm³/mol. The lowest BCUT2D eigenvalue weighted by Gasteiger charge is -2.40. The highest BCUT2D eigenvalue weighted by molar-refractivity contribution is 4.92. The molecule has 0 spiro atoms. The first kappa shape index (κ1) is 37.8. The molecule has 5 unspecified atom stereocenters. The SMILES string of the molecule is CCCCCCCCCCCCCC[C@H](CCCCCCCCCCCC)OCC1OC(CO)C(O)C(O)C1O. The summed E-state index contributed by atoms with van der Waals surface area (Å²) in [5.74, 6) is 0. The van der Waals surface area contributed by atoms with Crippen molar-refractivity contribution in [2.24, 2.45) is 0 Å². The second-order valence-electron chi connectivity index (χ2n) is 12.5. The predicted octanol–water partition coefficient (Wildman–Crippen LogP) is 7.62. The van der Waals surface area contributed by atoms with Gasteiger partial charge in [-0.15, -0.1) is 0 Å². The second kappa shape index (κ2) is 26.4. The number of ether oxygens (including phenoxy) is 2. The van der Waals surface area contributed by atoms with Crippen molar-refractivity contribution < 1.29 is 29.9 Å². The Bertz CT molecular complexity index is 531. The minimum atomic E-state index is -1.34. The lowest BCUT2D eigenvalue weighted by molar-refractivity contribution is -0.241. The van der Waals surface area contributed by atoms with Gasteiger partial charge in [-0.2, -0.15) is 0 Å². The number of aliphatic hydroxyl groups excluding tert-OH is 4. The Morgan fingerprint density at radius 1 is 0.500 bits per heavy atom. The molecule has 1 fully saturated rings. The van der Waals surface area contributed by atoms with Crippen LogP contribution in [0.3, 0.4) is 0 Å². The quantitative estimate of drug-likeness (QED) is 0.0720. The van der Waals surface area contributed by atoms with E-state index in [1.54, 1.807) is 0 Å². The Balaban J connectivity index is 2.30. The number of rotatable bonds is 28. The van der Waals surface area contributed by atoms with E-state index in [0.717, 1.165) is 25.7 Å². The van der Waals surface area contributed by atoms with Gasteiger partial charge in [0.2, 0.25) is 0 Å². The fourth-order valence-electron chi connectivity index (χ4n) is 5.93. The van der Waals surface area contributed by atoms with Crippen LogP contribution >= 0.6 is 0 Å². The summed E-state index contributed by atoms with van der Waals surface area (Å²) >= 11 is 0. The van der Waals surface area contributed by atoms with Gasteiger partial charge in [-0.05, 0) is 12.8 Å². The van der Waals surface area contributed by atoms with Gasteiger partial charge in [-0.3, -0.25) is 0 Å². The van der Waals surface area contributed by atoms with Gasteiger partial charge >= 0.3 is 0 Å². The fourth-order valence-corrected chi connectivity index (χ4v) is 5.93. The second-order valence-corrected chi connectivity index (χ2v) is 12.5. The first-order valence-electron chi connectivity index (χ1n) is 17.5. The Labute approximate surface area is 247 Å². The van der Waals surface area contributed by atoms with E-state index in [4.69, 9.17) is 9.47 Å². The molecule has 0 aliphatic carbocycles. The summed E-state index contributed by atoms with van der Waals surface area (Å²) in [7, 11) is 0. The van der Waals surface area contributed by atoms with Crippen molar-refractivity contribution in [3.63, 3.8) is 0 Å². The molecular weight excluding hydrogens is 504 g/mol. The summed E-state index contributed by atoms with van der Waals surface area (Å²) in [5, 5.41) is 40.0. The van der Waals surface area contributed by atoms with Crippen molar-refractivity contribution in [1.82, 2.24) is 0 Å². The third-order valence-corrected chi connectivity index (χ3v) is 8.75. The molecule has 0 saturated carbocycles. The molecule has 0 aromatic carbocycles. The van der Waals surface area contributed by atoms with Crippen LogP contribution in [0.2, 0.25) is 0 Å². The zero-order valence-electron chi connectivity index (χ0n) is 26.5. The van der Waals surface area contributed by atoms with Crippen LogP contribution in [-0.4, -0.2) is 70.3 Å². The van der Waals surface area contributed by atoms with Crippen LogP contribution in [0.25, 0.3) is 0 Å². The summed E-state index contributed by atoms with van der Waals surface area (Å²) in [6.07, 6.45) is 25.7. The maximum Gasteiger partial charge on any atom is 0.111 e. The topological polar surface area (TPSA) is 99.4 Å². The molecule has 0 aromatic heterocycles. The highest BCUT2D eigenvalue weighted by atomic mass is 16.6. The molecular formula is C34H68O6. The third kappa shape index (κ3) is 18.3. The zero-order chi connectivity index (χ0) is 29.3. The Morgan fingerprint density at radius 2 is 0.850 bits per heavy atom. The Hall–Kier alpha value is -0.240. The van der Waals surface area contributed by atoms with Gasteiger partial charge in [0.05, 0.1) is 19.3 Å². The van der Waals surface area contributed by atoms with Crippen LogP contribution in [0.15, 0.2) is 0 Å². The molecule has 0 bridgehead atoms. The van der Waals surface area contributed by atoms with Gasteiger partial charge in [0.25, 0.3) is 0 Å². The number of hydrogen-bond donors (Lipinski definition) is 4. The summed E-state index contributed by atoms with van der Waals surface area (Å²) in [4.78, 5) is 0. The average Bonchev–Trinajstić information content (AvgIpc) is 2.96. The van der Waals surface area contributed by atoms with Gasteiger partial charge in [0.15, 0.2) is 0 Å². The maximum atomic E-state index is 10.4. The van der Waals surface area contributed by atoms with Crippen molar-refractivity contribution in [2.75, 3.05) is 13.2 Å². The molecule has 0 radical (unpaired) electrons. The summed E-state index contributed by atoms with van der Waals surface area (Å²) in [5.41, 5.74) is 0. The van der Waals surface area contributed by atoms with Crippen molar-refractivity contribution in [3.05, 3.63) is 0 Å². The summed E-state index contributed by atoms with van der Waals surface area (Å²) < 4.78 is 11.9. The van der Waals surface area contributed by atoms with E-state index < -0.39 is 37.1 Å². The van der Waals surface area contributed by atoms with Gasteiger partial charge in [-0.1, -0.05) is 155 Å². The Morgan fingerprint density at radius 3 is 1.23 bits per heavy atom. The van der Waals surface area contributed by atoms with Gasteiger partial charge in [-0.25, -0.2) is 0 Å². The molecule has 6 atom stereocenters. The minimum Gasteiger partial charge on any atom is -0.394 e. The molecule has 4 N–H and O–H groups in total. The molecule has 1 aliphatic heterocycles. The molecule has 40 heavy (non-hydrogen) atoms. The number of aliphatic hydroxyl groups is 4. The first-order chi connectivity index (χ1) is 19.5. The van der Waals surface area contributed by atoms with E-state index in [0.29, 0.717) is 0 Å². The number of hydrogen-bond acceptors (Lipinski definition) is 6. The van der Waals surface area contributed by atoms with Crippen LogP contribution < -0.4 is 0 Å². The van der Waals surface area contributed by atoms with Crippen LogP contribution in [0.5, 0.6) is 0 Å². The van der Waals surface area contributed by atoms with Gasteiger partial charge in [0, 0.05) is 0 Å². The normalized spacial score (nSPS) is 24.0. The standard InChI is InChI=1S/C34H68O6/c1-3-5-7-9-11-13-15-16-18-20-22-24-26-29(25-23-21-19-17-14-12-10-8-6-4-2)39-28-31-33(37)34(38)32(36)30(27-35)40-31/h29-38H,3-28H2,1-2H3/t29-,30?,31?,32?,33?,34?/m0/s1. The molecule has 1 saturated heterocycles. The third-order valence-electron chi connectivity index (χ3n) is 8.75. The van der Waals surface area contributed by atoms with Crippen molar-refractivity contribution in [2.45, 2.75) is 205 Å². The van der Waals surface area contributed by atoms with E-state index in [9.17, 15) is 20.4 Å². The van der Waals surface area contributed by atoms with Crippen LogP contribution in [-0.2, 0) is 9.47 Å².